The summed E-state index contributed by atoms with van der Waals surface area (Å²) in [6.45, 7) is 6.14. The van der Waals surface area contributed by atoms with Gasteiger partial charge in [0.25, 0.3) is 5.91 Å². The summed E-state index contributed by atoms with van der Waals surface area (Å²) in [5, 5.41) is 0. The second-order valence-corrected chi connectivity index (χ2v) is 5.43. The van der Waals surface area contributed by atoms with Gasteiger partial charge >= 0.3 is 0 Å². The van der Waals surface area contributed by atoms with Crippen LogP contribution in [0, 0.1) is 6.92 Å². The van der Waals surface area contributed by atoms with E-state index >= 15 is 0 Å². The lowest BCUT2D eigenvalue weighted by molar-refractivity contribution is 0.0741. The summed E-state index contributed by atoms with van der Waals surface area (Å²) >= 11 is 1.47. The standard InChI is InChI=1S/C12H20N2OS/c1-5-6-8(2)14(4)12(15)11-7-10(13)9(3)16-11/h7-8H,5-6,13H2,1-4H3. The Morgan fingerprint density at radius 3 is 2.69 bits per heavy atom. The lowest BCUT2D eigenvalue weighted by Gasteiger charge is -2.23. The van der Waals surface area contributed by atoms with Gasteiger partial charge in [-0.1, -0.05) is 13.3 Å². The molecule has 90 valence electrons. The molecule has 0 spiro atoms. The van der Waals surface area contributed by atoms with Gasteiger partial charge in [-0.3, -0.25) is 4.79 Å². The molecule has 0 saturated heterocycles. The Bertz CT molecular complexity index is 354. The zero-order chi connectivity index (χ0) is 12.3. The van der Waals surface area contributed by atoms with Crippen molar-refractivity contribution in [2.75, 3.05) is 12.8 Å². The highest BCUT2D eigenvalue weighted by Crippen LogP contribution is 2.25. The van der Waals surface area contributed by atoms with Gasteiger partial charge in [0.15, 0.2) is 0 Å². The molecule has 0 aromatic carbocycles. The Balaban J connectivity index is 2.77. The fourth-order valence-electron chi connectivity index (χ4n) is 1.59. The number of aryl methyl sites for hydroxylation is 1. The van der Waals surface area contributed by atoms with Gasteiger partial charge < -0.3 is 10.6 Å². The highest BCUT2D eigenvalue weighted by atomic mass is 32.1. The van der Waals surface area contributed by atoms with Crippen LogP contribution < -0.4 is 5.73 Å². The summed E-state index contributed by atoms with van der Waals surface area (Å²) in [5.41, 5.74) is 6.47. The van der Waals surface area contributed by atoms with Gasteiger partial charge in [0, 0.05) is 23.7 Å². The lowest BCUT2D eigenvalue weighted by Crippen LogP contribution is -2.34. The Hall–Kier alpha value is -1.03. The van der Waals surface area contributed by atoms with E-state index in [0.717, 1.165) is 22.6 Å². The van der Waals surface area contributed by atoms with Crippen LogP contribution in [0.5, 0.6) is 0 Å². The smallest absolute Gasteiger partial charge is 0.263 e. The number of nitrogens with zero attached hydrogens (tertiary/aromatic N) is 1. The first-order valence-corrected chi connectivity index (χ1v) is 6.42. The van der Waals surface area contributed by atoms with Crippen molar-refractivity contribution in [2.24, 2.45) is 0 Å². The minimum atomic E-state index is 0.0748. The van der Waals surface area contributed by atoms with Crippen molar-refractivity contribution in [2.45, 2.75) is 39.7 Å². The number of thiophene rings is 1. The first-order valence-electron chi connectivity index (χ1n) is 5.60. The summed E-state index contributed by atoms with van der Waals surface area (Å²) in [4.78, 5) is 15.7. The Morgan fingerprint density at radius 2 is 2.25 bits per heavy atom. The van der Waals surface area contributed by atoms with Crippen LogP contribution in [-0.4, -0.2) is 23.9 Å². The second kappa shape index (κ2) is 5.34. The van der Waals surface area contributed by atoms with Crippen LogP contribution in [0.4, 0.5) is 5.69 Å². The Morgan fingerprint density at radius 1 is 1.62 bits per heavy atom. The summed E-state index contributed by atoms with van der Waals surface area (Å²) < 4.78 is 0. The molecule has 1 aromatic heterocycles. The van der Waals surface area contributed by atoms with E-state index < -0.39 is 0 Å². The third-order valence-electron chi connectivity index (χ3n) is 2.85. The molecule has 1 heterocycles. The fourth-order valence-corrected chi connectivity index (χ4v) is 2.51. The molecule has 2 N–H and O–H groups in total. The number of anilines is 1. The summed E-state index contributed by atoms with van der Waals surface area (Å²) in [6, 6.07) is 2.05. The summed E-state index contributed by atoms with van der Waals surface area (Å²) in [5.74, 6) is 0.0748. The molecule has 0 aliphatic rings. The number of carbonyl (C=O) groups excluding carboxylic acids is 1. The highest BCUT2D eigenvalue weighted by Gasteiger charge is 2.19. The normalized spacial score (nSPS) is 12.5. The summed E-state index contributed by atoms with van der Waals surface area (Å²) in [7, 11) is 1.86. The van der Waals surface area contributed by atoms with Crippen molar-refractivity contribution in [3.05, 3.63) is 15.8 Å². The van der Waals surface area contributed by atoms with E-state index in [1.165, 1.54) is 11.3 Å². The van der Waals surface area contributed by atoms with Gasteiger partial charge in [-0.05, 0) is 26.3 Å². The molecule has 1 rings (SSSR count). The molecule has 0 saturated carbocycles. The number of nitrogen functional groups attached to an aromatic ring is 1. The van der Waals surface area contributed by atoms with E-state index in [0.29, 0.717) is 5.69 Å². The van der Waals surface area contributed by atoms with Crippen molar-refractivity contribution in [1.29, 1.82) is 0 Å². The molecule has 1 atom stereocenters. The van der Waals surface area contributed by atoms with Crippen LogP contribution in [0.1, 0.15) is 41.2 Å². The molecule has 0 fully saturated rings. The van der Waals surface area contributed by atoms with Crippen LogP contribution in [0.3, 0.4) is 0 Å². The molecule has 1 unspecified atom stereocenters. The van der Waals surface area contributed by atoms with E-state index in [9.17, 15) is 4.79 Å². The molecule has 0 aliphatic heterocycles. The highest BCUT2D eigenvalue weighted by molar-refractivity contribution is 7.14. The second-order valence-electron chi connectivity index (χ2n) is 4.18. The van der Waals surface area contributed by atoms with Crippen LogP contribution in [0.25, 0.3) is 0 Å². The van der Waals surface area contributed by atoms with Crippen molar-refractivity contribution in [1.82, 2.24) is 4.90 Å². The number of nitrogens with two attached hydrogens (primary N) is 1. The van der Waals surface area contributed by atoms with E-state index in [1.54, 1.807) is 11.0 Å². The van der Waals surface area contributed by atoms with Gasteiger partial charge in [-0.15, -0.1) is 11.3 Å². The van der Waals surface area contributed by atoms with Gasteiger partial charge in [-0.2, -0.15) is 0 Å². The maximum Gasteiger partial charge on any atom is 0.263 e. The minimum absolute atomic E-state index is 0.0748. The average molecular weight is 240 g/mol. The predicted octanol–water partition coefficient (Wildman–Crippen LogP) is 2.90. The van der Waals surface area contributed by atoms with Crippen molar-refractivity contribution in [3.63, 3.8) is 0 Å². The molecule has 1 aromatic rings. The van der Waals surface area contributed by atoms with Gasteiger partial charge in [0.2, 0.25) is 0 Å². The molecule has 0 bridgehead atoms. The SMILES string of the molecule is CCCC(C)N(C)C(=O)c1cc(N)c(C)s1. The molecule has 4 heteroatoms. The number of hydrogen-bond acceptors (Lipinski definition) is 3. The van der Waals surface area contributed by atoms with Crippen LogP contribution in [-0.2, 0) is 0 Å². The van der Waals surface area contributed by atoms with Gasteiger partial charge in [0.05, 0.1) is 4.88 Å². The molecule has 0 radical (unpaired) electrons. The zero-order valence-electron chi connectivity index (χ0n) is 10.4. The van der Waals surface area contributed by atoms with Gasteiger partial charge in [0.1, 0.15) is 0 Å². The maximum absolute atomic E-state index is 12.1. The lowest BCUT2D eigenvalue weighted by atomic mass is 10.1. The van der Waals surface area contributed by atoms with Crippen molar-refractivity contribution in [3.8, 4) is 0 Å². The Labute approximate surface area is 101 Å². The third-order valence-corrected chi connectivity index (χ3v) is 3.91. The summed E-state index contributed by atoms with van der Waals surface area (Å²) in [6.07, 6.45) is 2.12. The first-order chi connectivity index (χ1) is 7.47. The quantitative estimate of drug-likeness (QED) is 0.879. The zero-order valence-corrected chi connectivity index (χ0v) is 11.2. The van der Waals surface area contributed by atoms with Gasteiger partial charge in [-0.25, -0.2) is 0 Å². The number of amides is 1. The molecular weight excluding hydrogens is 220 g/mol. The van der Waals surface area contributed by atoms with Crippen LogP contribution in [0.15, 0.2) is 6.07 Å². The predicted molar refractivity (Wildman–Crippen MR) is 69.9 cm³/mol. The van der Waals surface area contributed by atoms with Crippen LogP contribution >= 0.6 is 11.3 Å². The van der Waals surface area contributed by atoms with E-state index in [2.05, 4.69) is 13.8 Å². The Kier molecular flexibility index (Phi) is 4.35. The average Bonchev–Trinajstić information content (AvgIpc) is 2.57. The largest absolute Gasteiger partial charge is 0.398 e. The minimum Gasteiger partial charge on any atom is -0.398 e. The fraction of sp³-hybridized carbons (Fsp3) is 0.583. The molecule has 1 amide bonds. The molecule has 0 aliphatic carbocycles. The monoisotopic (exact) mass is 240 g/mol. The number of rotatable bonds is 4. The molecule has 3 nitrogen and oxygen atoms in total. The maximum atomic E-state index is 12.1. The van der Waals surface area contributed by atoms with E-state index in [1.807, 2.05) is 14.0 Å². The molecular formula is C12H20N2OS. The van der Waals surface area contributed by atoms with E-state index in [-0.39, 0.29) is 11.9 Å². The topological polar surface area (TPSA) is 46.3 Å². The molecule has 16 heavy (non-hydrogen) atoms. The van der Waals surface area contributed by atoms with Crippen molar-refractivity contribution >= 4 is 22.9 Å². The third kappa shape index (κ3) is 2.76. The number of hydrogen-bond donors (Lipinski definition) is 1. The van der Waals surface area contributed by atoms with Crippen LogP contribution in [0.2, 0.25) is 0 Å². The van der Waals surface area contributed by atoms with E-state index in [4.69, 9.17) is 5.73 Å². The first kappa shape index (κ1) is 13.0. The number of carbonyl (C=O) groups is 1. The van der Waals surface area contributed by atoms with Crippen molar-refractivity contribution < 1.29 is 4.79 Å².